The maximum atomic E-state index is 12.3. The summed E-state index contributed by atoms with van der Waals surface area (Å²) < 4.78 is 0. The molecule has 3 heteroatoms. The first kappa shape index (κ1) is 15.5. The maximum Gasteiger partial charge on any atom is 0.185 e. The SMILES string of the molecule is Nc1ccc(C(=O)C=C2CCN(Cc3ccccc3)CC2)cc1. The van der Waals surface area contributed by atoms with Gasteiger partial charge in [0.05, 0.1) is 0 Å². The van der Waals surface area contributed by atoms with Crippen molar-refractivity contribution < 1.29 is 4.79 Å². The molecule has 2 aromatic rings. The Morgan fingerprint density at radius 2 is 1.65 bits per heavy atom. The molecule has 3 nitrogen and oxygen atoms in total. The molecule has 3 rings (SSSR count). The second-order valence-electron chi connectivity index (χ2n) is 6.05. The number of nitrogens with two attached hydrogens (primary N) is 1. The maximum absolute atomic E-state index is 12.3. The van der Waals surface area contributed by atoms with E-state index in [2.05, 4.69) is 29.2 Å². The van der Waals surface area contributed by atoms with Crippen LogP contribution in [-0.2, 0) is 6.54 Å². The Labute approximate surface area is 137 Å². The molecule has 1 aliphatic rings. The summed E-state index contributed by atoms with van der Waals surface area (Å²) >= 11 is 0. The van der Waals surface area contributed by atoms with E-state index in [1.807, 2.05) is 12.1 Å². The van der Waals surface area contributed by atoms with E-state index in [9.17, 15) is 4.79 Å². The van der Waals surface area contributed by atoms with Crippen LogP contribution in [-0.4, -0.2) is 23.8 Å². The van der Waals surface area contributed by atoms with E-state index in [0.717, 1.165) is 32.5 Å². The van der Waals surface area contributed by atoms with Crippen molar-refractivity contribution in [1.29, 1.82) is 0 Å². The molecule has 0 atom stereocenters. The summed E-state index contributed by atoms with van der Waals surface area (Å²) in [6.45, 7) is 3.01. The summed E-state index contributed by atoms with van der Waals surface area (Å²) in [6.07, 6.45) is 3.74. The molecule has 1 fully saturated rings. The summed E-state index contributed by atoms with van der Waals surface area (Å²) in [5, 5.41) is 0. The summed E-state index contributed by atoms with van der Waals surface area (Å²) in [5.74, 6) is 0.0801. The number of ketones is 1. The zero-order valence-electron chi connectivity index (χ0n) is 13.2. The highest BCUT2D eigenvalue weighted by molar-refractivity contribution is 6.05. The molecule has 0 aromatic heterocycles. The number of likely N-dealkylation sites (tertiary alicyclic amines) is 1. The predicted molar refractivity (Wildman–Crippen MR) is 94.2 cm³/mol. The lowest BCUT2D eigenvalue weighted by atomic mass is 9.99. The van der Waals surface area contributed by atoms with Crippen molar-refractivity contribution in [2.75, 3.05) is 18.8 Å². The number of piperidine rings is 1. The number of rotatable bonds is 4. The lowest BCUT2D eigenvalue weighted by molar-refractivity contribution is 0.104. The second kappa shape index (κ2) is 7.25. The zero-order valence-corrected chi connectivity index (χ0v) is 13.2. The summed E-state index contributed by atoms with van der Waals surface area (Å²) in [6, 6.07) is 17.7. The Balaban J connectivity index is 1.56. The van der Waals surface area contributed by atoms with Crippen molar-refractivity contribution >= 4 is 11.5 Å². The Kier molecular flexibility index (Phi) is 4.89. The summed E-state index contributed by atoms with van der Waals surface area (Å²) in [5.41, 5.74) is 9.64. The van der Waals surface area contributed by atoms with E-state index < -0.39 is 0 Å². The van der Waals surface area contributed by atoms with E-state index in [-0.39, 0.29) is 5.78 Å². The first-order valence-electron chi connectivity index (χ1n) is 8.06. The fourth-order valence-electron chi connectivity index (χ4n) is 2.90. The average Bonchev–Trinajstić information content (AvgIpc) is 2.58. The van der Waals surface area contributed by atoms with Crippen LogP contribution in [0.5, 0.6) is 0 Å². The number of carbonyl (C=O) groups is 1. The van der Waals surface area contributed by atoms with E-state index in [0.29, 0.717) is 11.3 Å². The highest BCUT2D eigenvalue weighted by atomic mass is 16.1. The zero-order chi connectivity index (χ0) is 16.1. The minimum Gasteiger partial charge on any atom is -0.399 e. The van der Waals surface area contributed by atoms with Gasteiger partial charge in [-0.2, -0.15) is 0 Å². The molecule has 0 bridgehead atoms. The molecule has 1 aliphatic heterocycles. The first-order valence-corrected chi connectivity index (χ1v) is 8.06. The second-order valence-corrected chi connectivity index (χ2v) is 6.05. The average molecular weight is 306 g/mol. The minimum atomic E-state index is 0.0801. The van der Waals surface area contributed by atoms with Crippen LogP contribution < -0.4 is 5.73 Å². The largest absolute Gasteiger partial charge is 0.399 e. The third-order valence-corrected chi connectivity index (χ3v) is 4.28. The van der Waals surface area contributed by atoms with Crippen molar-refractivity contribution in [2.24, 2.45) is 0 Å². The van der Waals surface area contributed by atoms with Gasteiger partial charge in [0.25, 0.3) is 0 Å². The van der Waals surface area contributed by atoms with E-state index >= 15 is 0 Å². The Morgan fingerprint density at radius 3 is 2.30 bits per heavy atom. The van der Waals surface area contributed by atoms with Gasteiger partial charge in [-0.1, -0.05) is 35.9 Å². The van der Waals surface area contributed by atoms with Crippen molar-refractivity contribution in [3.63, 3.8) is 0 Å². The fourth-order valence-corrected chi connectivity index (χ4v) is 2.90. The fraction of sp³-hybridized carbons (Fsp3) is 0.250. The summed E-state index contributed by atoms with van der Waals surface area (Å²) in [7, 11) is 0. The number of nitrogen functional groups attached to an aromatic ring is 1. The van der Waals surface area contributed by atoms with Crippen molar-refractivity contribution in [1.82, 2.24) is 4.90 Å². The van der Waals surface area contributed by atoms with Crippen LogP contribution in [0.2, 0.25) is 0 Å². The smallest absolute Gasteiger partial charge is 0.185 e. The lowest BCUT2D eigenvalue weighted by Crippen LogP contribution is -2.30. The monoisotopic (exact) mass is 306 g/mol. The quantitative estimate of drug-likeness (QED) is 0.532. The van der Waals surface area contributed by atoms with Gasteiger partial charge in [0.2, 0.25) is 0 Å². The van der Waals surface area contributed by atoms with Crippen LogP contribution in [0.1, 0.15) is 28.8 Å². The van der Waals surface area contributed by atoms with Gasteiger partial charge in [0, 0.05) is 30.9 Å². The molecule has 23 heavy (non-hydrogen) atoms. The van der Waals surface area contributed by atoms with E-state index in [1.165, 1.54) is 11.1 Å². The molecule has 0 spiro atoms. The summed E-state index contributed by atoms with van der Waals surface area (Å²) in [4.78, 5) is 14.7. The van der Waals surface area contributed by atoms with E-state index in [4.69, 9.17) is 5.73 Å². The Hall–Kier alpha value is -2.39. The molecule has 118 valence electrons. The Morgan fingerprint density at radius 1 is 1.00 bits per heavy atom. The first-order chi connectivity index (χ1) is 11.2. The predicted octanol–water partition coefficient (Wildman–Crippen LogP) is 3.67. The number of benzene rings is 2. The van der Waals surface area contributed by atoms with Crippen LogP contribution in [0, 0.1) is 0 Å². The Bertz CT molecular complexity index is 679. The molecule has 1 heterocycles. The number of allylic oxidation sites excluding steroid dienone is 1. The van der Waals surface area contributed by atoms with Crippen LogP contribution in [0.15, 0.2) is 66.2 Å². The topological polar surface area (TPSA) is 46.3 Å². The molecular formula is C20H22N2O. The van der Waals surface area contributed by atoms with Gasteiger partial charge >= 0.3 is 0 Å². The number of hydrogen-bond acceptors (Lipinski definition) is 3. The highest BCUT2D eigenvalue weighted by Crippen LogP contribution is 2.19. The van der Waals surface area contributed by atoms with Crippen molar-refractivity contribution in [3.8, 4) is 0 Å². The molecule has 0 unspecified atom stereocenters. The minimum absolute atomic E-state index is 0.0801. The van der Waals surface area contributed by atoms with Crippen LogP contribution >= 0.6 is 0 Å². The van der Waals surface area contributed by atoms with Gasteiger partial charge in [-0.3, -0.25) is 9.69 Å². The van der Waals surface area contributed by atoms with Gasteiger partial charge in [-0.15, -0.1) is 0 Å². The molecular weight excluding hydrogens is 284 g/mol. The molecule has 0 radical (unpaired) electrons. The number of anilines is 1. The molecule has 1 saturated heterocycles. The van der Waals surface area contributed by atoms with Gasteiger partial charge in [0.1, 0.15) is 0 Å². The molecule has 2 N–H and O–H groups in total. The van der Waals surface area contributed by atoms with Gasteiger partial charge in [0.15, 0.2) is 5.78 Å². The normalized spacial score (nSPS) is 15.4. The van der Waals surface area contributed by atoms with Crippen LogP contribution in [0.3, 0.4) is 0 Å². The lowest BCUT2D eigenvalue weighted by Gasteiger charge is -2.28. The molecule has 0 aliphatic carbocycles. The molecule has 2 aromatic carbocycles. The number of nitrogens with zero attached hydrogens (tertiary/aromatic N) is 1. The standard InChI is InChI=1S/C20H22N2O/c21-19-8-6-18(7-9-19)20(23)14-16-10-12-22(13-11-16)15-17-4-2-1-3-5-17/h1-9,14H,10-13,15,21H2. The van der Waals surface area contributed by atoms with Crippen LogP contribution in [0.25, 0.3) is 0 Å². The third kappa shape index (κ3) is 4.30. The van der Waals surface area contributed by atoms with Crippen molar-refractivity contribution in [3.05, 3.63) is 77.4 Å². The number of hydrogen-bond donors (Lipinski definition) is 1. The number of carbonyl (C=O) groups excluding carboxylic acids is 1. The highest BCUT2D eigenvalue weighted by Gasteiger charge is 2.15. The van der Waals surface area contributed by atoms with Gasteiger partial charge < -0.3 is 5.73 Å². The van der Waals surface area contributed by atoms with Crippen LogP contribution in [0.4, 0.5) is 5.69 Å². The van der Waals surface area contributed by atoms with E-state index in [1.54, 1.807) is 24.3 Å². The van der Waals surface area contributed by atoms with Gasteiger partial charge in [-0.25, -0.2) is 0 Å². The van der Waals surface area contributed by atoms with Crippen molar-refractivity contribution in [2.45, 2.75) is 19.4 Å². The van der Waals surface area contributed by atoms with Gasteiger partial charge in [-0.05, 0) is 48.7 Å². The third-order valence-electron chi connectivity index (χ3n) is 4.28. The molecule has 0 amide bonds. The molecule has 0 saturated carbocycles.